The van der Waals surface area contributed by atoms with Gasteiger partial charge in [0.15, 0.2) is 0 Å². The maximum absolute atomic E-state index is 13.0. The van der Waals surface area contributed by atoms with Crippen molar-refractivity contribution in [1.29, 1.82) is 0 Å². The van der Waals surface area contributed by atoms with Gasteiger partial charge in [0, 0.05) is 23.4 Å². The Hall–Kier alpha value is -3.39. The van der Waals surface area contributed by atoms with Gasteiger partial charge in [-0.25, -0.2) is 0 Å². The Balaban J connectivity index is 1.60. The molecule has 170 valence electrons. The van der Waals surface area contributed by atoms with Crippen molar-refractivity contribution in [3.63, 3.8) is 0 Å². The monoisotopic (exact) mass is 439 g/mol. The Labute approximate surface area is 188 Å². The molecule has 0 aromatic heterocycles. The molecule has 0 radical (unpaired) electrons. The number of amides is 3. The van der Waals surface area contributed by atoms with E-state index in [4.69, 9.17) is 4.74 Å². The summed E-state index contributed by atoms with van der Waals surface area (Å²) >= 11 is 0. The average Bonchev–Trinajstić information content (AvgIpc) is 2.96. The van der Waals surface area contributed by atoms with Crippen LogP contribution < -0.4 is 21.1 Å². The molecule has 1 aliphatic heterocycles. The van der Waals surface area contributed by atoms with E-state index >= 15 is 0 Å². The summed E-state index contributed by atoms with van der Waals surface area (Å²) in [6.07, 6.45) is 2.13. The molecule has 8 nitrogen and oxygen atoms in total. The molecule has 0 aliphatic carbocycles. The number of hydrogen-bond donors (Lipinski definition) is 3. The first kappa shape index (κ1) is 23.3. The highest BCUT2D eigenvalue weighted by molar-refractivity contribution is 5.99. The number of carbonyl (C=O) groups is 3. The molecule has 0 bridgehead atoms. The molecule has 0 spiro atoms. The van der Waals surface area contributed by atoms with Crippen molar-refractivity contribution in [2.45, 2.75) is 38.8 Å². The summed E-state index contributed by atoms with van der Waals surface area (Å²) in [7, 11) is 0. The highest BCUT2D eigenvalue weighted by Gasteiger charge is 2.29. The van der Waals surface area contributed by atoms with Crippen LogP contribution in [0.15, 0.2) is 48.5 Å². The molecular weight excluding hydrogens is 408 g/mol. The Morgan fingerprint density at radius 2 is 1.94 bits per heavy atom. The SMILES string of the molecule is CCOc1ccc(C(=O)NC2CCCCN(CC(=O)Nc3cccc(C[NH3+])c3)C2=O)cc1. The fourth-order valence-electron chi connectivity index (χ4n) is 3.69. The zero-order valence-corrected chi connectivity index (χ0v) is 18.4. The van der Waals surface area contributed by atoms with Crippen LogP contribution in [0, 0.1) is 0 Å². The van der Waals surface area contributed by atoms with Gasteiger partial charge in [0.25, 0.3) is 5.91 Å². The zero-order chi connectivity index (χ0) is 22.9. The molecule has 1 aliphatic rings. The number of hydrogen-bond acceptors (Lipinski definition) is 4. The van der Waals surface area contributed by atoms with Gasteiger partial charge in [-0.1, -0.05) is 12.1 Å². The van der Waals surface area contributed by atoms with Gasteiger partial charge in [0.1, 0.15) is 11.8 Å². The van der Waals surface area contributed by atoms with E-state index in [-0.39, 0.29) is 24.3 Å². The second kappa shape index (κ2) is 11.3. The maximum atomic E-state index is 13.0. The Bertz CT molecular complexity index is 945. The molecule has 1 fully saturated rings. The van der Waals surface area contributed by atoms with Crippen molar-refractivity contribution in [3.8, 4) is 5.75 Å². The Morgan fingerprint density at radius 1 is 1.16 bits per heavy atom. The molecule has 1 atom stereocenters. The second-order valence-corrected chi connectivity index (χ2v) is 7.74. The quantitative estimate of drug-likeness (QED) is 0.579. The molecule has 1 saturated heterocycles. The van der Waals surface area contributed by atoms with E-state index in [0.29, 0.717) is 43.1 Å². The van der Waals surface area contributed by atoms with E-state index < -0.39 is 6.04 Å². The first-order valence-electron chi connectivity index (χ1n) is 11.0. The summed E-state index contributed by atoms with van der Waals surface area (Å²) in [4.78, 5) is 39.8. The molecule has 1 heterocycles. The topological polar surface area (TPSA) is 115 Å². The van der Waals surface area contributed by atoms with E-state index in [2.05, 4.69) is 16.4 Å². The van der Waals surface area contributed by atoms with Gasteiger partial charge in [0.2, 0.25) is 11.8 Å². The number of benzene rings is 2. The molecule has 5 N–H and O–H groups in total. The van der Waals surface area contributed by atoms with E-state index in [1.54, 1.807) is 30.3 Å². The van der Waals surface area contributed by atoms with E-state index in [1.807, 2.05) is 25.1 Å². The third-order valence-electron chi connectivity index (χ3n) is 5.35. The van der Waals surface area contributed by atoms with Crippen molar-refractivity contribution in [2.75, 3.05) is 25.0 Å². The van der Waals surface area contributed by atoms with Crippen LogP contribution in [0.5, 0.6) is 5.75 Å². The minimum absolute atomic E-state index is 0.0527. The lowest BCUT2D eigenvalue weighted by atomic mass is 10.1. The Morgan fingerprint density at radius 3 is 2.66 bits per heavy atom. The number of ether oxygens (including phenoxy) is 1. The third-order valence-corrected chi connectivity index (χ3v) is 5.35. The number of anilines is 1. The third kappa shape index (κ3) is 6.31. The minimum atomic E-state index is -0.654. The number of nitrogens with one attached hydrogen (secondary N) is 2. The number of carbonyl (C=O) groups excluding carboxylic acids is 3. The normalized spacial score (nSPS) is 16.2. The molecular formula is C24H31N4O4+. The van der Waals surface area contributed by atoms with Gasteiger partial charge in [-0.3, -0.25) is 14.4 Å². The van der Waals surface area contributed by atoms with E-state index in [1.165, 1.54) is 4.90 Å². The first-order chi connectivity index (χ1) is 15.5. The summed E-state index contributed by atoms with van der Waals surface area (Å²) in [6.45, 7) is 3.50. The molecule has 32 heavy (non-hydrogen) atoms. The zero-order valence-electron chi connectivity index (χ0n) is 18.4. The van der Waals surface area contributed by atoms with Crippen LogP contribution in [0.3, 0.4) is 0 Å². The summed E-state index contributed by atoms with van der Waals surface area (Å²) in [5.41, 5.74) is 6.01. The number of likely N-dealkylation sites (tertiary alicyclic amines) is 1. The molecule has 8 heteroatoms. The smallest absolute Gasteiger partial charge is 0.251 e. The molecule has 3 rings (SSSR count). The van der Waals surface area contributed by atoms with Crippen LogP contribution in [-0.2, 0) is 16.1 Å². The molecule has 1 unspecified atom stereocenters. The Kier molecular flexibility index (Phi) is 8.21. The standard InChI is InChI=1S/C24H30N4O4/c1-2-32-20-11-9-18(10-12-20)23(30)27-21-8-3-4-13-28(24(21)31)16-22(29)26-19-7-5-6-17(14-19)15-25/h5-7,9-12,14,21H,2-4,8,13,15-16,25H2,1H3,(H,26,29)(H,27,30)/p+1. The largest absolute Gasteiger partial charge is 0.494 e. The van der Waals surface area contributed by atoms with Crippen molar-refractivity contribution in [3.05, 3.63) is 59.7 Å². The summed E-state index contributed by atoms with van der Waals surface area (Å²) in [5, 5.41) is 5.68. The predicted molar refractivity (Wildman–Crippen MR) is 121 cm³/mol. The van der Waals surface area contributed by atoms with Gasteiger partial charge < -0.3 is 26.0 Å². The second-order valence-electron chi connectivity index (χ2n) is 7.74. The number of nitrogens with zero attached hydrogens (tertiary/aromatic N) is 1. The minimum Gasteiger partial charge on any atom is -0.494 e. The van der Waals surface area contributed by atoms with Crippen LogP contribution in [0.4, 0.5) is 5.69 Å². The van der Waals surface area contributed by atoms with Crippen molar-refractivity contribution >= 4 is 23.4 Å². The highest BCUT2D eigenvalue weighted by atomic mass is 16.5. The van der Waals surface area contributed by atoms with Gasteiger partial charge >= 0.3 is 0 Å². The summed E-state index contributed by atoms with van der Waals surface area (Å²) < 4.78 is 5.40. The van der Waals surface area contributed by atoms with Crippen LogP contribution in [-0.4, -0.2) is 48.4 Å². The first-order valence-corrected chi connectivity index (χ1v) is 11.0. The fourth-order valence-corrected chi connectivity index (χ4v) is 3.69. The predicted octanol–water partition coefficient (Wildman–Crippen LogP) is 1.58. The molecule has 2 aromatic rings. The lowest BCUT2D eigenvalue weighted by molar-refractivity contribution is -0.386. The van der Waals surface area contributed by atoms with Crippen molar-refractivity contribution in [2.24, 2.45) is 0 Å². The lowest BCUT2D eigenvalue weighted by Crippen LogP contribution is -2.49. The van der Waals surface area contributed by atoms with Crippen molar-refractivity contribution < 1.29 is 24.9 Å². The average molecular weight is 440 g/mol. The fraction of sp³-hybridized carbons (Fsp3) is 0.375. The molecule has 2 aromatic carbocycles. The van der Waals surface area contributed by atoms with E-state index in [0.717, 1.165) is 18.4 Å². The van der Waals surface area contributed by atoms with E-state index in [9.17, 15) is 14.4 Å². The number of rotatable bonds is 8. The maximum Gasteiger partial charge on any atom is 0.251 e. The van der Waals surface area contributed by atoms with Crippen molar-refractivity contribution in [1.82, 2.24) is 10.2 Å². The van der Waals surface area contributed by atoms with Gasteiger partial charge in [0.05, 0.1) is 19.7 Å². The summed E-state index contributed by atoms with van der Waals surface area (Å²) in [5.74, 6) is -0.128. The van der Waals surface area contributed by atoms with Gasteiger partial charge in [-0.15, -0.1) is 0 Å². The lowest BCUT2D eigenvalue weighted by Gasteiger charge is -2.24. The van der Waals surface area contributed by atoms with Crippen LogP contribution in [0.25, 0.3) is 0 Å². The van der Waals surface area contributed by atoms with Gasteiger partial charge in [-0.2, -0.15) is 0 Å². The van der Waals surface area contributed by atoms with Crippen LogP contribution >= 0.6 is 0 Å². The number of quaternary nitrogens is 1. The molecule has 0 saturated carbocycles. The van der Waals surface area contributed by atoms with Crippen LogP contribution in [0.2, 0.25) is 0 Å². The summed E-state index contributed by atoms with van der Waals surface area (Å²) in [6, 6.07) is 13.6. The van der Waals surface area contributed by atoms with Gasteiger partial charge in [-0.05, 0) is 62.6 Å². The molecule has 3 amide bonds. The van der Waals surface area contributed by atoms with Crippen LogP contribution in [0.1, 0.15) is 42.1 Å². The highest BCUT2D eigenvalue weighted by Crippen LogP contribution is 2.16.